The van der Waals surface area contributed by atoms with E-state index in [1.165, 1.54) is 7.11 Å². The van der Waals surface area contributed by atoms with E-state index in [1.54, 1.807) is 62.0 Å². The summed E-state index contributed by atoms with van der Waals surface area (Å²) in [6, 6.07) is 10.6. The fourth-order valence-electron chi connectivity index (χ4n) is 6.32. The van der Waals surface area contributed by atoms with Crippen molar-refractivity contribution < 1.29 is 37.4 Å². The normalized spacial score (nSPS) is 16.2. The Balaban J connectivity index is 1.48. The summed E-state index contributed by atoms with van der Waals surface area (Å²) in [6.45, 7) is 10.8. The lowest BCUT2D eigenvalue weighted by atomic mass is 9.89. The van der Waals surface area contributed by atoms with E-state index in [4.69, 9.17) is 25.8 Å². The smallest absolute Gasteiger partial charge is 0.413 e. The first kappa shape index (κ1) is 39.7. The Hall–Kier alpha value is -4.49. The van der Waals surface area contributed by atoms with Crippen molar-refractivity contribution in [2.45, 2.75) is 97.1 Å². The molecule has 0 atom stereocenters. The number of hydrogen-bond donors (Lipinski definition) is 1. The summed E-state index contributed by atoms with van der Waals surface area (Å²) >= 11 is 7.47. The number of amides is 3. The molecule has 0 unspecified atom stereocenters. The number of methoxy groups -OCH3 is 1. The van der Waals surface area contributed by atoms with Gasteiger partial charge in [0.2, 0.25) is 0 Å². The van der Waals surface area contributed by atoms with Crippen molar-refractivity contribution >= 4 is 56.9 Å². The molecule has 1 aliphatic rings. The second-order valence-electron chi connectivity index (χ2n) is 15.0. The number of thiophene rings is 1. The van der Waals surface area contributed by atoms with Gasteiger partial charge in [0.25, 0.3) is 5.91 Å². The lowest BCUT2D eigenvalue weighted by Gasteiger charge is -2.40. The second-order valence-corrected chi connectivity index (χ2v) is 16.4. The number of carbonyl (C=O) groups is 3. The van der Waals surface area contributed by atoms with Crippen LogP contribution in [-0.4, -0.2) is 70.3 Å². The Labute approximate surface area is 317 Å². The number of ether oxygens (including phenoxy) is 3. The molecule has 2 aromatic carbocycles. The minimum absolute atomic E-state index is 0.0285. The van der Waals surface area contributed by atoms with Crippen LogP contribution in [-0.2, 0) is 16.0 Å². The molecule has 0 saturated heterocycles. The first-order chi connectivity index (χ1) is 24.8. The Morgan fingerprint density at radius 2 is 1.53 bits per heavy atom. The zero-order valence-corrected chi connectivity index (χ0v) is 32.7. The van der Waals surface area contributed by atoms with E-state index < -0.39 is 40.9 Å². The number of hydrogen-bond acceptors (Lipinski definition) is 8. The maximum Gasteiger partial charge on any atom is 0.413 e. The van der Waals surface area contributed by atoms with Crippen LogP contribution in [0.4, 0.5) is 24.2 Å². The van der Waals surface area contributed by atoms with Crippen LogP contribution in [0.3, 0.4) is 0 Å². The van der Waals surface area contributed by atoms with Gasteiger partial charge in [-0.1, -0.05) is 17.7 Å². The zero-order valence-electron chi connectivity index (χ0n) is 31.1. The molecular weight excluding hydrogens is 726 g/mol. The molecule has 1 aliphatic carbocycles. The van der Waals surface area contributed by atoms with Crippen LogP contribution in [0.25, 0.3) is 21.2 Å². The summed E-state index contributed by atoms with van der Waals surface area (Å²) in [4.78, 5) is 47.4. The topological polar surface area (TPSA) is 110 Å². The van der Waals surface area contributed by atoms with Crippen molar-refractivity contribution in [2.24, 2.45) is 0 Å². The average molecular weight is 771 g/mol. The van der Waals surface area contributed by atoms with Gasteiger partial charge < -0.3 is 24.0 Å². The summed E-state index contributed by atoms with van der Waals surface area (Å²) in [5.74, 6) is -1.05. The van der Waals surface area contributed by atoms with E-state index in [0.717, 1.165) is 34.6 Å². The van der Waals surface area contributed by atoms with Gasteiger partial charge in [-0.15, -0.1) is 11.3 Å². The predicted octanol–water partition coefficient (Wildman–Crippen LogP) is 10.1. The largest absolute Gasteiger partial charge is 0.496 e. The quantitative estimate of drug-likeness (QED) is 0.190. The van der Waals surface area contributed by atoms with Gasteiger partial charge in [0.15, 0.2) is 0 Å². The number of rotatable bonds is 8. The standard InChI is InChI=1S/C39H45ClF2N4O6S/c1-38(2,3)51-36(48)44-30-20-23(17-18-43-30)22-9-16-29(50-8)24(19-22)21-46(26-12-10-25(11-13-26)45(7)37(49)52-39(4,5)6)35(47)34-32(40)31-27(41)14-15-28(42)33(31)53-34/h9,14-20,25-26H,10-13,21H2,1-8H3,(H,43,44,48). The molecule has 4 aromatic rings. The molecule has 1 saturated carbocycles. The molecule has 1 N–H and O–H groups in total. The Bertz CT molecular complexity index is 2000. The number of benzene rings is 2. The Kier molecular flexibility index (Phi) is 11.9. The summed E-state index contributed by atoms with van der Waals surface area (Å²) in [5.41, 5.74) is 0.825. The molecule has 0 radical (unpaired) electrons. The fraction of sp³-hybridized carbons (Fsp3) is 0.436. The molecule has 2 heterocycles. The molecule has 2 aromatic heterocycles. The molecule has 5 rings (SSSR count). The fourth-order valence-corrected chi connectivity index (χ4v) is 7.83. The zero-order chi connectivity index (χ0) is 38.8. The maximum absolute atomic E-state index is 14.9. The Morgan fingerprint density at radius 3 is 2.15 bits per heavy atom. The van der Waals surface area contributed by atoms with Crippen molar-refractivity contribution in [3.05, 3.63) is 75.8 Å². The minimum atomic E-state index is -0.716. The molecule has 0 bridgehead atoms. The van der Waals surface area contributed by atoms with Crippen LogP contribution in [0, 0.1) is 11.6 Å². The first-order valence-corrected chi connectivity index (χ1v) is 18.5. The lowest BCUT2D eigenvalue weighted by Crippen LogP contribution is -2.47. The number of fused-ring (bicyclic) bond motifs is 1. The van der Waals surface area contributed by atoms with E-state index in [0.29, 0.717) is 37.0 Å². The summed E-state index contributed by atoms with van der Waals surface area (Å²) in [6.07, 6.45) is 2.78. The van der Waals surface area contributed by atoms with Crippen LogP contribution in [0.15, 0.2) is 48.7 Å². The minimum Gasteiger partial charge on any atom is -0.496 e. The van der Waals surface area contributed by atoms with Gasteiger partial charge in [-0.2, -0.15) is 0 Å². The SMILES string of the molecule is COc1ccc(-c2ccnc(NC(=O)OC(C)(C)C)c2)cc1CN(C(=O)c1sc2c(F)ccc(F)c2c1Cl)C1CCC(N(C)C(=O)OC(C)(C)C)CC1. The van der Waals surface area contributed by atoms with Crippen molar-refractivity contribution in [2.75, 3.05) is 19.5 Å². The van der Waals surface area contributed by atoms with E-state index in [1.807, 2.05) is 32.9 Å². The highest BCUT2D eigenvalue weighted by atomic mass is 35.5. The van der Waals surface area contributed by atoms with Gasteiger partial charge in [0.05, 0.1) is 22.2 Å². The van der Waals surface area contributed by atoms with Gasteiger partial charge in [0.1, 0.15) is 39.3 Å². The Morgan fingerprint density at radius 1 is 0.906 bits per heavy atom. The number of pyridine rings is 1. The van der Waals surface area contributed by atoms with E-state index in [2.05, 4.69) is 10.3 Å². The third kappa shape index (κ3) is 9.55. The van der Waals surface area contributed by atoms with E-state index in [9.17, 15) is 23.2 Å². The molecule has 284 valence electrons. The number of nitrogens with one attached hydrogen (secondary N) is 1. The third-order valence-corrected chi connectivity index (χ3v) is 10.5. The monoisotopic (exact) mass is 770 g/mol. The van der Waals surface area contributed by atoms with Gasteiger partial charge in [-0.3, -0.25) is 10.1 Å². The van der Waals surface area contributed by atoms with Gasteiger partial charge >= 0.3 is 12.2 Å². The third-order valence-electron chi connectivity index (χ3n) is 8.82. The molecule has 10 nitrogen and oxygen atoms in total. The van der Waals surface area contributed by atoms with Crippen LogP contribution < -0.4 is 10.1 Å². The summed E-state index contributed by atoms with van der Waals surface area (Å²) < 4.78 is 46.4. The van der Waals surface area contributed by atoms with Crippen LogP contribution in [0.5, 0.6) is 5.75 Å². The molecule has 53 heavy (non-hydrogen) atoms. The highest BCUT2D eigenvalue weighted by Crippen LogP contribution is 2.41. The number of nitrogens with zero attached hydrogens (tertiary/aromatic N) is 3. The second kappa shape index (κ2) is 15.9. The average Bonchev–Trinajstić information content (AvgIpc) is 3.44. The van der Waals surface area contributed by atoms with Crippen LogP contribution in [0.1, 0.15) is 82.5 Å². The number of anilines is 1. The molecule has 0 spiro atoms. The van der Waals surface area contributed by atoms with Crippen LogP contribution in [0.2, 0.25) is 5.02 Å². The molecule has 0 aliphatic heterocycles. The van der Waals surface area contributed by atoms with Crippen molar-refractivity contribution in [3.63, 3.8) is 0 Å². The van der Waals surface area contributed by atoms with Gasteiger partial charge in [-0.05, 0) is 115 Å². The lowest BCUT2D eigenvalue weighted by molar-refractivity contribution is 0.0144. The molecule has 14 heteroatoms. The van der Waals surface area contributed by atoms with Gasteiger partial charge in [0, 0.05) is 37.4 Å². The molecular formula is C39H45ClF2N4O6S. The van der Waals surface area contributed by atoms with Crippen molar-refractivity contribution in [1.82, 2.24) is 14.8 Å². The highest BCUT2D eigenvalue weighted by molar-refractivity contribution is 7.21. The summed E-state index contributed by atoms with van der Waals surface area (Å²) in [5, 5.41) is 2.39. The highest BCUT2D eigenvalue weighted by Gasteiger charge is 2.36. The van der Waals surface area contributed by atoms with E-state index in [-0.39, 0.29) is 44.4 Å². The van der Waals surface area contributed by atoms with E-state index >= 15 is 0 Å². The van der Waals surface area contributed by atoms with Gasteiger partial charge in [-0.25, -0.2) is 23.4 Å². The number of halogens is 3. The van der Waals surface area contributed by atoms with Crippen LogP contribution >= 0.6 is 22.9 Å². The molecule has 1 fully saturated rings. The maximum atomic E-state index is 14.9. The molecule has 3 amide bonds. The number of carbonyl (C=O) groups excluding carboxylic acids is 3. The van der Waals surface area contributed by atoms with Crippen molar-refractivity contribution in [1.29, 1.82) is 0 Å². The predicted molar refractivity (Wildman–Crippen MR) is 203 cm³/mol. The summed E-state index contributed by atoms with van der Waals surface area (Å²) in [7, 11) is 3.25. The van der Waals surface area contributed by atoms with Crippen molar-refractivity contribution in [3.8, 4) is 16.9 Å². The number of aromatic nitrogens is 1. The first-order valence-electron chi connectivity index (χ1n) is 17.3.